The Morgan fingerprint density at radius 3 is 1.65 bits per heavy atom. The summed E-state index contributed by atoms with van der Waals surface area (Å²) < 4.78 is 56.4. The summed E-state index contributed by atoms with van der Waals surface area (Å²) in [4.78, 5) is 53.7. The van der Waals surface area contributed by atoms with E-state index in [9.17, 15) is 38.7 Å². The van der Waals surface area contributed by atoms with Crippen molar-refractivity contribution < 1.29 is 121 Å². The summed E-state index contributed by atoms with van der Waals surface area (Å²) in [6.45, 7) is 2.88. The first kappa shape index (κ1) is 65.2. The molecule has 7 atom stereocenters. The number of phosphoric ester groups is 2. The fraction of sp³-hybridized carbons (Fsp3) is 0.886. The number of aromatic nitrogens is 2. The third kappa shape index (κ3) is 32.0. The predicted molar refractivity (Wildman–Crippen MR) is 238 cm³/mol. The second-order valence-corrected chi connectivity index (χ2v) is 19.9. The zero-order valence-corrected chi connectivity index (χ0v) is 46.1. The van der Waals surface area contributed by atoms with Gasteiger partial charge in [-0.25, -0.2) is 9.11 Å². The van der Waals surface area contributed by atoms with Crippen LogP contribution in [0.1, 0.15) is 200 Å². The smallest absolute Gasteiger partial charge is 0.756 e. The second kappa shape index (κ2) is 39.9. The summed E-state index contributed by atoms with van der Waals surface area (Å²) >= 11 is 0. The van der Waals surface area contributed by atoms with Crippen molar-refractivity contribution >= 4 is 27.4 Å². The van der Waals surface area contributed by atoms with Gasteiger partial charge in [0, 0.05) is 19.2 Å². The summed E-state index contributed by atoms with van der Waals surface area (Å²) in [5.41, 5.74) is 4.58. The fourth-order valence-electron chi connectivity index (χ4n) is 7.49. The maximum Gasteiger partial charge on any atom is 1.00 e. The van der Waals surface area contributed by atoms with Crippen LogP contribution in [0.3, 0.4) is 0 Å². The van der Waals surface area contributed by atoms with Crippen LogP contribution in [0.5, 0.6) is 0 Å². The Morgan fingerprint density at radius 2 is 1.17 bits per heavy atom. The van der Waals surface area contributed by atoms with Crippen LogP contribution in [-0.4, -0.2) is 76.6 Å². The molecular weight excluding hydrogens is 902 g/mol. The zero-order chi connectivity index (χ0) is 46.2. The summed E-state index contributed by atoms with van der Waals surface area (Å²) in [6.07, 6.45) is 25.6. The van der Waals surface area contributed by atoms with E-state index < -0.39 is 71.2 Å². The van der Waals surface area contributed by atoms with E-state index in [1.54, 1.807) is 0 Å². The van der Waals surface area contributed by atoms with Crippen LogP contribution in [-0.2, 0) is 41.5 Å². The van der Waals surface area contributed by atoms with Crippen LogP contribution in [0, 0.1) is 0 Å². The van der Waals surface area contributed by atoms with E-state index in [-0.39, 0.29) is 78.0 Å². The Bertz CT molecular complexity index is 1500. The average molecular weight is 984 g/mol. The number of nitrogen functional groups attached to an aromatic ring is 1. The van der Waals surface area contributed by atoms with Gasteiger partial charge in [-0.15, -0.1) is 0 Å². The molecule has 1 aliphatic rings. The number of rotatable bonds is 41. The number of unbranched alkanes of at least 4 members (excludes halogenated alkanes) is 25. The van der Waals surface area contributed by atoms with Gasteiger partial charge in [-0.05, 0) is 18.9 Å². The predicted octanol–water partition coefficient (Wildman–Crippen LogP) is 2.33. The Balaban J connectivity index is 0.0000205. The topological polar surface area (TPSA) is 254 Å². The van der Waals surface area contributed by atoms with Gasteiger partial charge in [0.15, 0.2) is 6.23 Å². The average Bonchev–Trinajstić information content (AvgIpc) is 3.51. The van der Waals surface area contributed by atoms with Crippen molar-refractivity contribution in [3.8, 4) is 0 Å². The van der Waals surface area contributed by atoms with Crippen LogP contribution in [0.15, 0.2) is 17.1 Å². The van der Waals surface area contributed by atoms with Crippen molar-refractivity contribution in [2.45, 2.75) is 224 Å². The van der Waals surface area contributed by atoms with Crippen LogP contribution >= 0.6 is 15.6 Å². The quantitative estimate of drug-likeness (QED) is 0.0368. The number of anilines is 1. The maximum absolute atomic E-state index is 12.8. The Morgan fingerprint density at radius 1 is 0.723 bits per heavy atom. The van der Waals surface area contributed by atoms with Crippen LogP contribution in [0.4, 0.5) is 5.82 Å². The minimum atomic E-state index is -5.66. The van der Waals surface area contributed by atoms with Gasteiger partial charge in [0.2, 0.25) is 0 Å². The van der Waals surface area contributed by atoms with Gasteiger partial charge in [-0.1, -0.05) is 174 Å². The number of nitrogens with two attached hydrogens (primary N) is 1. The van der Waals surface area contributed by atoms with E-state index >= 15 is 0 Å². The van der Waals surface area contributed by atoms with Gasteiger partial charge in [0.1, 0.15) is 30.2 Å². The number of hydrogen-bond acceptors (Lipinski definition) is 16. The molecule has 1 aromatic heterocycles. The van der Waals surface area contributed by atoms with Gasteiger partial charge in [0.25, 0.3) is 15.6 Å². The Labute approximate surface area is 433 Å². The Kier molecular flexibility index (Phi) is 40.1. The summed E-state index contributed by atoms with van der Waals surface area (Å²) in [7, 11) is -11.3. The number of ether oxygens (including phenoxy) is 3. The van der Waals surface area contributed by atoms with Crippen molar-refractivity contribution in [1.82, 2.24) is 9.55 Å². The van der Waals surface area contributed by atoms with E-state index in [0.717, 1.165) is 55.7 Å². The van der Waals surface area contributed by atoms with E-state index in [0.29, 0.717) is 13.0 Å². The van der Waals surface area contributed by atoms with Crippen molar-refractivity contribution in [1.29, 1.82) is 0 Å². The zero-order valence-electron chi connectivity index (χ0n) is 40.3. The van der Waals surface area contributed by atoms with Gasteiger partial charge < -0.3 is 49.0 Å². The molecule has 0 amide bonds. The number of hydrogen-bond donors (Lipinski definition) is 3. The molecule has 2 heterocycles. The van der Waals surface area contributed by atoms with Crippen molar-refractivity contribution in [3.63, 3.8) is 0 Å². The summed E-state index contributed by atoms with van der Waals surface area (Å²) in [6, 6.07) is 1.25. The van der Waals surface area contributed by atoms with E-state index in [4.69, 9.17) is 24.5 Å². The molecule has 0 aliphatic carbocycles. The van der Waals surface area contributed by atoms with E-state index in [2.05, 4.69) is 27.7 Å². The molecule has 1 saturated heterocycles. The fourth-order valence-corrected chi connectivity index (χ4v) is 9.52. The SMILES string of the molecule is CCCCCCCCCCCCCCCCOCC(COP(=O)([O-])OP(=O)([O-])OC[C@H]1OC(n2ccc(N)nc2=O)[C@@H](O)[C@@H]1O)OC(=O)CCCCCCCCCCCCCCC.[Na+].[Na+]. The first-order valence-electron chi connectivity index (χ1n) is 24.0. The minimum Gasteiger partial charge on any atom is -0.756 e. The third-order valence-corrected chi connectivity index (χ3v) is 13.7. The molecule has 0 radical (unpaired) electrons. The van der Waals surface area contributed by atoms with Gasteiger partial charge in [-0.2, -0.15) is 4.98 Å². The van der Waals surface area contributed by atoms with Crippen LogP contribution in [0.2, 0.25) is 0 Å². The Hall–Kier alpha value is 0.250. The molecule has 1 aliphatic heterocycles. The number of phosphoric acid groups is 2. The molecule has 2 rings (SSSR count). The molecule has 0 bridgehead atoms. The number of nitrogens with zero attached hydrogens (tertiary/aromatic N) is 2. The standard InChI is InChI=1S/C44H83N3O14P2.2Na/c1-3-5-7-9-11-13-15-17-19-21-23-25-27-29-33-56-34-37(59-40(48)30-28-26-24-22-20-18-16-14-12-10-8-6-4-2)35-57-62(52,53)61-63(54,55)58-36-38-41(49)42(50)43(60-38)47-32-31-39(45)46-44(47)51;;/h31-32,37-38,41-43,49-50H,3-30,33-36H2,1-2H3,(H,52,53)(H,54,55)(H2,45,46,51);;/q;2*+1/p-2/t37?,38-,41-,42+,43?;;/m1../s1. The van der Waals surface area contributed by atoms with E-state index in [1.165, 1.54) is 128 Å². The number of esters is 1. The molecule has 21 heteroatoms. The number of carbonyl (C=O) groups excluding carboxylic acids is 1. The minimum absolute atomic E-state index is 0. The van der Waals surface area contributed by atoms with E-state index in [1.807, 2.05) is 0 Å². The van der Waals surface area contributed by atoms with Gasteiger partial charge >= 0.3 is 70.8 Å². The van der Waals surface area contributed by atoms with Gasteiger partial charge in [-0.3, -0.25) is 18.5 Å². The van der Waals surface area contributed by atoms with Crippen molar-refractivity contribution in [2.24, 2.45) is 0 Å². The maximum atomic E-state index is 12.8. The second-order valence-electron chi connectivity index (χ2n) is 16.9. The number of aliphatic hydroxyl groups excluding tert-OH is 2. The molecule has 0 aromatic carbocycles. The summed E-state index contributed by atoms with van der Waals surface area (Å²) in [5, 5.41) is 20.8. The molecule has 4 unspecified atom stereocenters. The first-order valence-corrected chi connectivity index (χ1v) is 27.0. The number of aliphatic hydroxyl groups is 2. The molecule has 1 aromatic rings. The molecule has 4 N–H and O–H groups in total. The first-order chi connectivity index (χ1) is 30.3. The summed E-state index contributed by atoms with van der Waals surface area (Å²) in [5.74, 6) is -0.654. The normalized spacial score (nSPS) is 19.5. The third-order valence-electron chi connectivity index (χ3n) is 11.2. The molecular formula is C44H81N3Na2O14P2. The molecule has 0 spiro atoms. The van der Waals surface area contributed by atoms with Crippen molar-refractivity contribution in [3.05, 3.63) is 22.7 Å². The van der Waals surface area contributed by atoms with Crippen LogP contribution < -0.4 is 80.3 Å². The number of carbonyl (C=O) groups is 1. The molecule has 1 fully saturated rings. The van der Waals surface area contributed by atoms with Crippen molar-refractivity contribution in [2.75, 3.05) is 32.2 Å². The molecule has 368 valence electrons. The molecule has 0 saturated carbocycles. The largest absolute Gasteiger partial charge is 1.00 e. The molecule has 65 heavy (non-hydrogen) atoms. The van der Waals surface area contributed by atoms with Gasteiger partial charge in [0.05, 0.1) is 19.8 Å². The molecule has 17 nitrogen and oxygen atoms in total. The monoisotopic (exact) mass is 983 g/mol. The van der Waals surface area contributed by atoms with Crippen LogP contribution in [0.25, 0.3) is 0 Å².